The van der Waals surface area contributed by atoms with E-state index >= 15 is 0 Å². The van der Waals surface area contributed by atoms with Gasteiger partial charge in [-0.3, -0.25) is 20.2 Å². The molecule has 2 saturated heterocycles. The molecular formula is C32H36Cl2N4O3. The lowest BCUT2D eigenvalue weighted by atomic mass is 9.83. The highest BCUT2D eigenvalue weighted by atomic mass is 35.5. The molecule has 0 bridgehead atoms. The molecule has 2 fully saturated rings. The Morgan fingerprint density at radius 1 is 0.951 bits per heavy atom. The molecule has 216 valence electrons. The van der Waals surface area contributed by atoms with Gasteiger partial charge in [-0.2, -0.15) is 0 Å². The first-order valence-corrected chi connectivity index (χ1v) is 14.7. The lowest BCUT2D eigenvalue weighted by Crippen LogP contribution is -2.62. The van der Waals surface area contributed by atoms with Crippen molar-refractivity contribution in [3.63, 3.8) is 0 Å². The molecule has 7 nitrogen and oxygen atoms in total. The van der Waals surface area contributed by atoms with Gasteiger partial charge in [0.05, 0.1) is 25.2 Å². The summed E-state index contributed by atoms with van der Waals surface area (Å²) < 4.78 is 6.15. The van der Waals surface area contributed by atoms with Gasteiger partial charge in [-0.05, 0) is 65.4 Å². The highest BCUT2D eigenvalue weighted by Crippen LogP contribution is 2.45. The van der Waals surface area contributed by atoms with Gasteiger partial charge in [0.2, 0.25) is 5.91 Å². The highest BCUT2D eigenvalue weighted by Gasteiger charge is 2.55. The van der Waals surface area contributed by atoms with E-state index in [1.165, 1.54) is 0 Å². The van der Waals surface area contributed by atoms with Gasteiger partial charge in [0, 0.05) is 28.7 Å². The minimum Gasteiger partial charge on any atom is -0.493 e. The highest BCUT2D eigenvalue weighted by molar-refractivity contribution is 6.30. The largest absolute Gasteiger partial charge is 0.493 e. The Kier molecular flexibility index (Phi) is 8.35. The van der Waals surface area contributed by atoms with E-state index in [0.717, 1.165) is 16.7 Å². The second-order valence-electron chi connectivity index (χ2n) is 11.6. The summed E-state index contributed by atoms with van der Waals surface area (Å²) in [5, 5.41) is 11.5. The van der Waals surface area contributed by atoms with Gasteiger partial charge in [0.1, 0.15) is 5.75 Å². The molecule has 2 heterocycles. The maximum absolute atomic E-state index is 14.8. The SMILES string of the molecule is CCOc1ccc(C(C)(C)C)cc1C1(C(=O)N2CCNC(=O)C2)N[C@H](c2ccc(Cl)cc2)[C@H](c2ccc(Cl)cc2)N1. The van der Waals surface area contributed by atoms with Crippen molar-refractivity contribution in [3.8, 4) is 5.75 Å². The number of carbonyl (C=O) groups is 2. The smallest absolute Gasteiger partial charge is 0.263 e. The van der Waals surface area contributed by atoms with Crippen LogP contribution in [0.15, 0.2) is 66.7 Å². The molecule has 3 atom stereocenters. The van der Waals surface area contributed by atoms with Gasteiger partial charge in [-0.15, -0.1) is 0 Å². The van der Waals surface area contributed by atoms with Crippen molar-refractivity contribution in [1.29, 1.82) is 0 Å². The molecule has 2 amide bonds. The van der Waals surface area contributed by atoms with Crippen LogP contribution < -0.4 is 20.7 Å². The number of amides is 2. The van der Waals surface area contributed by atoms with Gasteiger partial charge in [-0.25, -0.2) is 0 Å². The molecule has 3 aromatic carbocycles. The lowest BCUT2D eigenvalue weighted by Gasteiger charge is -2.38. The number of benzene rings is 3. The zero-order valence-corrected chi connectivity index (χ0v) is 25.3. The first kappa shape index (κ1) is 29.4. The van der Waals surface area contributed by atoms with Gasteiger partial charge in [0.15, 0.2) is 5.66 Å². The van der Waals surface area contributed by atoms with Crippen LogP contribution in [0.5, 0.6) is 5.75 Å². The zero-order chi connectivity index (χ0) is 29.4. The molecule has 0 spiro atoms. The van der Waals surface area contributed by atoms with Crippen LogP contribution in [0.2, 0.25) is 10.0 Å². The maximum atomic E-state index is 14.8. The van der Waals surface area contributed by atoms with E-state index in [0.29, 0.717) is 41.1 Å². The van der Waals surface area contributed by atoms with Crippen LogP contribution in [0.1, 0.15) is 62.0 Å². The molecule has 0 radical (unpaired) electrons. The summed E-state index contributed by atoms with van der Waals surface area (Å²) in [5.41, 5.74) is 2.06. The van der Waals surface area contributed by atoms with E-state index in [1.54, 1.807) is 4.90 Å². The monoisotopic (exact) mass is 594 g/mol. The molecule has 3 aromatic rings. The second-order valence-corrected chi connectivity index (χ2v) is 12.4. The van der Waals surface area contributed by atoms with E-state index in [4.69, 9.17) is 27.9 Å². The fourth-order valence-electron chi connectivity index (χ4n) is 5.58. The molecule has 0 aliphatic carbocycles. The topological polar surface area (TPSA) is 82.7 Å². The number of carbonyl (C=O) groups excluding carboxylic acids is 2. The molecule has 9 heteroatoms. The number of piperazine rings is 1. The molecule has 0 aromatic heterocycles. The fourth-order valence-corrected chi connectivity index (χ4v) is 5.83. The number of hydrogen-bond acceptors (Lipinski definition) is 5. The zero-order valence-electron chi connectivity index (χ0n) is 23.8. The van der Waals surface area contributed by atoms with Gasteiger partial charge < -0.3 is 15.0 Å². The van der Waals surface area contributed by atoms with Crippen molar-refractivity contribution in [2.24, 2.45) is 0 Å². The van der Waals surface area contributed by atoms with Crippen molar-refractivity contribution in [1.82, 2.24) is 20.9 Å². The number of nitrogens with one attached hydrogen (secondary N) is 3. The molecule has 5 rings (SSSR count). The Morgan fingerprint density at radius 3 is 2.00 bits per heavy atom. The number of rotatable bonds is 6. The van der Waals surface area contributed by atoms with Crippen molar-refractivity contribution < 1.29 is 14.3 Å². The first-order chi connectivity index (χ1) is 19.5. The summed E-state index contributed by atoms with van der Waals surface area (Å²) in [7, 11) is 0. The third-order valence-electron chi connectivity index (χ3n) is 7.73. The Morgan fingerprint density at radius 2 is 1.51 bits per heavy atom. The number of nitrogens with zero attached hydrogens (tertiary/aromatic N) is 1. The summed E-state index contributed by atoms with van der Waals surface area (Å²) >= 11 is 12.5. The van der Waals surface area contributed by atoms with Crippen molar-refractivity contribution in [2.75, 3.05) is 26.2 Å². The van der Waals surface area contributed by atoms with Crippen molar-refractivity contribution in [2.45, 2.75) is 50.9 Å². The van der Waals surface area contributed by atoms with Crippen LogP contribution in [-0.2, 0) is 20.7 Å². The lowest BCUT2D eigenvalue weighted by molar-refractivity contribution is -0.144. The molecule has 0 saturated carbocycles. The van der Waals surface area contributed by atoms with Crippen LogP contribution in [0, 0.1) is 0 Å². The summed E-state index contributed by atoms with van der Waals surface area (Å²) in [4.78, 5) is 28.8. The van der Waals surface area contributed by atoms with Gasteiger partial charge >= 0.3 is 0 Å². The minimum atomic E-state index is -1.40. The molecule has 3 N–H and O–H groups in total. The molecule has 2 aliphatic heterocycles. The Hall–Kier alpha value is -3.10. The van der Waals surface area contributed by atoms with Crippen molar-refractivity contribution >= 4 is 35.0 Å². The third-order valence-corrected chi connectivity index (χ3v) is 8.24. The van der Waals surface area contributed by atoms with E-state index in [2.05, 4.69) is 42.8 Å². The van der Waals surface area contributed by atoms with Crippen LogP contribution in [0.25, 0.3) is 0 Å². The number of ether oxygens (including phenoxy) is 1. The molecular weight excluding hydrogens is 559 g/mol. The third kappa shape index (κ3) is 5.95. The standard InChI is InChI=1S/C32H36Cl2N4O3/c1-5-41-26-15-10-22(31(2,3)4)18-25(26)32(30(40)38-17-16-35-27(39)19-38)36-28(20-6-11-23(33)12-7-20)29(37-32)21-8-13-24(34)14-9-21/h6-15,18,28-29,36-37H,5,16-17,19H2,1-4H3,(H,35,39)/t28-,29+,32?. The predicted molar refractivity (Wildman–Crippen MR) is 162 cm³/mol. The minimum absolute atomic E-state index is 0.0237. The van der Waals surface area contributed by atoms with Crippen LogP contribution in [-0.4, -0.2) is 43.0 Å². The average Bonchev–Trinajstić information content (AvgIpc) is 3.35. The van der Waals surface area contributed by atoms with Gasteiger partial charge in [0.25, 0.3) is 5.91 Å². The molecule has 1 unspecified atom stereocenters. The Labute approximate surface area is 251 Å². The Balaban J connectivity index is 1.73. The normalized spacial score (nSPS) is 22.9. The maximum Gasteiger partial charge on any atom is 0.263 e. The van der Waals surface area contributed by atoms with Gasteiger partial charge in [-0.1, -0.05) is 74.3 Å². The van der Waals surface area contributed by atoms with Crippen LogP contribution >= 0.6 is 23.2 Å². The Bertz CT molecular complexity index is 1370. The summed E-state index contributed by atoms with van der Waals surface area (Å²) in [6.07, 6.45) is 0. The molecule has 41 heavy (non-hydrogen) atoms. The van der Waals surface area contributed by atoms with E-state index < -0.39 is 5.66 Å². The average molecular weight is 596 g/mol. The van der Waals surface area contributed by atoms with E-state index in [1.807, 2.05) is 67.6 Å². The van der Waals surface area contributed by atoms with Crippen LogP contribution in [0.4, 0.5) is 0 Å². The van der Waals surface area contributed by atoms with Crippen LogP contribution in [0.3, 0.4) is 0 Å². The van der Waals surface area contributed by atoms with Crippen molar-refractivity contribution in [3.05, 3.63) is 99.0 Å². The number of hydrogen-bond donors (Lipinski definition) is 3. The molecule has 2 aliphatic rings. The second kappa shape index (κ2) is 11.6. The summed E-state index contributed by atoms with van der Waals surface area (Å²) in [6.45, 7) is 9.53. The summed E-state index contributed by atoms with van der Waals surface area (Å²) in [5.74, 6) is 0.173. The first-order valence-electron chi connectivity index (χ1n) is 13.9. The van der Waals surface area contributed by atoms with E-state index in [-0.39, 0.29) is 35.9 Å². The quantitative estimate of drug-likeness (QED) is 0.352. The van der Waals surface area contributed by atoms with E-state index in [9.17, 15) is 9.59 Å². The number of halogens is 2. The summed E-state index contributed by atoms with van der Waals surface area (Å²) in [6, 6.07) is 20.6. The fraction of sp³-hybridized carbons (Fsp3) is 0.375. The predicted octanol–water partition coefficient (Wildman–Crippen LogP) is 5.48.